The largest absolute Gasteiger partial charge is 0.497 e. The number of aryl methyl sites for hydroxylation is 1. The van der Waals surface area contributed by atoms with Gasteiger partial charge in [0.1, 0.15) is 5.75 Å². The van der Waals surface area contributed by atoms with Crippen LogP contribution in [0.2, 0.25) is 0 Å². The Morgan fingerprint density at radius 3 is 2.12 bits per heavy atom. The van der Waals surface area contributed by atoms with Crippen LogP contribution in [0.15, 0.2) is 65.6 Å². The predicted octanol–water partition coefficient (Wildman–Crippen LogP) is 4.36. The zero-order valence-corrected chi connectivity index (χ0v) is 19.5. The van der Waals surface area contributed by atoms with Gasteiger partial charge in [-0.15, -0.1) is 0 Å². The van der Waals surface area contributed by atoms with Gasteiger partial charge in [0.2, 0.25) is 10.0 Å². The highest BCUT2D eigenvalue weighted by molar-refractivity contribution is 7.89. The summed E-state index contributed by atoms with van der Waals surface area (Å²) in [6.07, 6.45) is 0.521. The van der Waals surface area contributed by atoms with E-state index in [1.165, 1.54) is 0 Å². The van der Waals surface area contributed by atoms with E-state index in [9.17, 15) is 8.42 Å². The Balaban J connectivity index is 1.90. The van der Waals surface area contributed by atoms with E-state index in [2.05, 4.69) is 0 Å². The standard InChI is InChI=1S/C25H27NO5S/c1-17-5-11-20(12-6-17)32(27,28)26-16-15-22-21(13-14-23(30-3)25(22)31-4)24(26)18-7-9-19(29-2)10-8-18/h5-14,24H,15-16H2,1-4H3. The summed E-state index contributed by atoms with van der Waals surface area (Å²) in [6.45, 7) is 2.26. The van der Waals surface area contributed by atoms with Crippen molar-refractivity contribution in [3.8, 4) is 17.2 Å². The summed E-state index contributed by atoms with van der Waals surface area (Å²) in [7, 11) is 1.07. The van der Waals surface area contributed by atoms with E-state index >= 15 is 0 Å². The molecule has 0 aromatic heterocycles. The van der Waals surface area contributed by atoms with Gasteiger partial charge in [0, 0.05) is 12.1 Å². The van der Waals surface area contributed by atoms with Crippen molar-refractivity contribution < 1.29 is 22.6 Å². The fourth-order valence-electron chi connectivity index (χ4n) is 4.26. The first-order valence-electron chi connectivity index (χ1n) is 10.4. The van der Waals surface area contributed by atoms with Crippen LogP contribution in [-0.2, 0) is 16.4 Å². The molecule has 1 unspecified atom stereocenters. The van der Waals surface area contributed by atoms with E-state index < -0.39 is 16.1 Å². The number of rotatable bonds is 6. The summed E-state index contributed by atoms with van der Waals surface area (Å²) >= 11 is 0. The molecule has 0 aliphatic carbocycles. The van der Waals surface area contributed by atoms with E-state index in [0.29, 0.717) is 30.2 Å². The number of nitrogens with zero attached hydrogens (tertiary/aromatic N) is 1. The lowest BCUT2D eigenvalue weighted by Gasteiger charge is -2.37. The smallest absolute Gasteiger partial charge is 0.243 e. The highest BCUT2D eigenvalue weighted by atomic mass is 32.2. The van der Waals surface area contributed by atoms with Crippen molar-refractivity contribution in [3.05, 3.63) is 82.9 Å². The zero-order chi connectivity index (χ0) is 22.9. The first-order valence-corrected chi connectivity index (χ1v) is 11.8. The maximum absolute atomic E-state index is 13.7. The van der Waals surface area contributed by atoms with E-state index in [-0.39, 0.29) is 4.90 Å². The molecule has 0 radical (unpaired) electrons. The lowest BCUT2D eigenvalue weighted by atomic mass is 9.89. The number of ether oxygens (including phenoxy) is 3. The molecule has 1 heterocycles. The van der Waals surface area contributed by atoms with E-state index in [1.54, 1.807) is 37.8 Å². The molecule has 3 aromatic rings. The summed E-state index contributed by atoms with van der Waals surface area (Å²) in [5.41, 5.74) is 3.71. The van der Waals surface area contributed by atoms with Gasteiger partial charge in [0.25, 0.3) is 0 Å². The molecule has 0 spiro atoms. The van der Waals surface area contributed by atoms with Crippen molar-refractivity contribution in [2.45, 2.75) is 24.3 Å². The molecule has 7 heteroatoms. The van der Waals surface area contributed by atoms with Gasteiger partial charge < -0.3 is 14.2 Å². The maximum Gasteiger partial charge on any atom is 0.243 e. The minimum absolute atomic E-state index is 0.283. The Morgan fingerprint density at radius 2 is 1.53 bits per heavy atom. The minimum atomic E-state index is -3.74. The molecule has 0 saturated heterocycles. The summed E-state index contributed by atoms with van der Waals surface area (Å²) in [5.74, 6) is 2.00. The molecule has 1 aliphatic rings. The number of hydrogen-bond donors (Lipinski definition) is 0. The van der Waals surface area contributed by atoms with Crippen molar-refractivity contribution in [1.82, 2.24) is 4.31 Å². The van der Waals surface area contributed by atoms with E-state index in [1.807, 2.05) is 55.5 Å². The van der Waals surface area contributed by atoms with Gasteiger partial charge in [0.15, 0.2) is 11.5 Å². The second kappa shape index (κ2) is 8.84. The molecule has 0 fully saturated rings. The van der Waals surface area contributed by atoms with Crippen LogP contribution >= 0.6 is 0 Å². The van der Waals surface area contributed by atoms with E-state index in [0.717, 1.165) is 22.3 Å². The van der Waals surface area contributed by atoms with Gasteiger partial charge in [-0.1, -0.05) is 35.9 Å². The molecule has 1 atom stereocenters. The molecule has 0 bridgehead atoms. The Bertz CT molecular complexity index is 1200. The number of methoxy groups -OCH3 is 3. The Kier molecular flexibility index (Phi) is 6.13. The first-order chi connectivity index (χ1) is 15.4. The lowest BCUT2D eigenvalue weighted by molar-refractivity contribution is 0.321. The normalized spacial score (nSPS) is 16.3. The predicted molar refractivity (Wildman–Crippen MR) is 123 cm³/mol. The molecule has 6 nitrogen and oxygen atoms in total. The molecule has 4 rings (SSSR count). The fraction of sp³-hybridized carbons (Fsp3) is 0.280. The van der Waals surface area contributed by atoms with Crippen LogP contribution in [0.4, 0.5) is 0 Å². The number of hydrogen-bond acceptors (Lipinski definition) is 5. The van der Waals surface area contributed by atoms with Crippen molar-refractivity contribution >= 4 is 10.0 Å². The molecule has 1 aliphatic heterocycles. The van der Waals surface area contributed by atoms with Gasteiger partial charge in [-0.2, -0.15) is 4.31 Å². The lowest BCUT2D eigenvalue weighted by Crippen LogP contribution is -2.40. The second-order valence-electron chi connectivity index (χ2n) is 7.72. The van der Waals surface area contributed by atoms with Gasteiger partial charge >= 0.3 is 0 Å². The van der Waals surface area contributed by atoms with Crippen LogP contribution in [0.1, 0.15) is 28.3 Å². The third kappa shape index (κ3) is 3.82. The van der Waals surface area contributed by atoms with Crippen LogP contribution in [-0.4, -0.2) is 40.6 Å². The number of benzene rings is 3. The fourth-order valence-corrected chi connectivity index (χ4v) is 5.86. The third-order valence-electron chi connectivity index (χ3n) is 5.91. The Hall–Kier alpha value is -3.03. The SMILES string of the molecule is COc1ccc(C2c3ccc(OC)c(OC)c3CCN2S(=O)(=O)c2ccc(C)cc2)cc1. The molecule has 0 amide bonds. The summed E-state index contributed by atoms with van der Waals surface area (Å²) in [5, 5.41) is 0. The van der Waals surface area contributed by atoms with Crippen LogP contribution < -0.4 is 14.2 Å². The average Bonchev–Trinajstić information content (AvgIpc) is 2.82. The maximum atomic E-state index is 13.7. The summed E-state index contributed by atoms with van der Waals surface area (Å²) in [4.78, 5) is 0.283. The Labute approximate surface area is 189 Å². The van der Waals surface area contributed by atoms with Crippen molar-refractivity contribution in [2.75, 3.05) is 27.9 Å². The van der Waals surface area contributed by atoms with Gasteiger partial charge in [-0.3, -0.25) is 0 Å². The van der Waals surface area contributed by atoms with Crippen molar-refractivity contribution in [2.24, 2.45) is 0 Å². The molecule has 168 valence electrons. The number of fused-ring (bicyclic) bond motifs is 1. The van der Waals surface area contributed by atoms with Crippen molar-refractivity contribution in [1.29, 1.82) is 0 Å². The zero-order valence-electron chi connectivity index (χ0n) is 18.7. The summed E-state index contributed by atoms with van der Waals surface area (Å²) in [6, 6.07) is 17.7. The van der Waals surface area contributed by atoms with Crippen LogP contribution in [0, 0.1) is 6.92 Å². The topological polar surface area (TPSA) is 65.1 Å². The van der Waals surface area contributed by atoms with Crippen LogP contribution in [0.3, 0.4) is 0 Å². The molecular formula is C25H27NO5S. The third-order valence-corrected chi connectivity index (χ3v) is 7.79. The molecule has 0 saturated carbocycles. The van der Waals surface area contributed by atoms with Gasteiger partial charge in [-0.05, 0) is 54.8 Å². The minimum Gasteiger partial charge on any atom is -0.497 e. The highest BCUT2D eigenvalue weighted by Crippen LogP contribution is 2.45. The Morgan fingerprint density at radius 1 is 0.844 bits per heavy atom. The molecule has 0 N–H and O–H groups in total. The number of sulfonamides is 1. The van der Waals surface area contributed by atoms with Gasteiger partial charge in [0.05, 0.1) is 32.3 Å². The van der Waals surface area contributed by atoms with Crippen LogP contribution in [0.25, 0.3) is 0 Å². The van der Waals surface area contributed by atoms with Crippen molar-refractivity contribution in [3.63, 3.8) is 0 Å². The molecule has 32 heavy (non-hydrogen) atoms. The second-order valence-corrected chi connectivity index (χ2v) is 9.61. The van der Waals surface area contributed by atoms with E-state index in [4.69, 9.17) is 14.2 Å². The highest BCUT2D eigenvalue weighted by Gasteiger charge is 2.39. The molecule has 3 aromatic carbocycles. The average molecular weight is 454 g/mol. The first kappa shape index (κ1) is 22.2. The summed E-state index contributed by atoms with van der Waals surface area (Å²) < 4.78 is 45.5. The monoisotopic (exact) mass is 453 g/mol. The van der Waals surface area contributed by atoms with Gasteiger partial charge in [-0.25, -0.2) is 8.42 Å². The van der Waals surface area contributed by atoms with Crippen LogP contribution in [0.5, 0.6) is 17.2 Å². The molecular weight excluding hydrogens is 426 g/mol. The quantitative estimate of drug-likeness (QED) is 0.555.